The van der Waals surface area contributed by atoms with E-state index in [1.165, 1.54) is 24.1 Å². The Balaban J connectivity index is 2.15. The van der Waals surface area contributed by atoms with Crippen molar-refractivity contribution in [2.24, 2.45) is 5.10 Å². The first-order chi connectivity index (χ1) is 11.0. The Morgan fingerprint density at radius 3 is 2.65 bits per heavy atom. The van der Waals surface area contributed by atoms with Crippen LogP contribution in [0.15, 0.2) is 45.0 Å². The van der Waals surface area contributed by atoms with Crippen LogP contribution in [-0.2, 0) is 14.8 Å². The highest BCUT2D eigenvalue weighted by Gasteiger charge is 2.23. The third-order valence-electron chi connectivity index (χ3n) is 2.75. The lowest BCUT2D eigenvalue weighted by Crippen LogP contribution is -2.20. The molecule has 0 atom stereocenters. The first-order valence-corrected chi connectivity index (χ1v) is 8.60. The topological polar surface area (TPSA) is 109 Å². The number of rotatable bonds is 5. The molecule has 0 aliphatic heterocycles. The van der Waals surface area contributed by atoms with Gasteiger partial charge in [-0.25, -0.2) is 9.63 Å². The van der Waals surface area contributed by atoms with Crippen LogP contribution < -0.4 is 4.83 Å². The Bertz CT molecular complexity index is 877. The van der Waals surface area contributed by atoms with Crippen LogP contribution in [0.2, 0.25) is 0 Å². The van der Waals surface area contributed by atoms with Crippen molar-refractivity contribution < 1.29 is 17.9 Å². The molecule has 0 saturated heterocycles. The van der Waals surface area contributed by atoms with E-state index in [1.54, 1.807) is 24.3 Å². The predicted octanol–water partition coefficient (Wildman–Crippen LogP) is 1.72. The van der Waals surface area contributed by atoms with Gasteiger partial charge < -0.3 is 4.74 Å². The maximum Gasteiger partial charge on any atom is 0.340 e. The van der Waals surface area contributed by atoms with Gasteiger partial charge >= 0.3 is 5.97 Å². The largest absolute Gasteiger partial charge is 0.465 e. The summed E-state index contributed by atoms with van der Waals surface area (Å²) in [6.45, 7) is 0. The molecule has 0 amide bonds. The number of sulfonamides is 1. The van der Waals surface area contributed by atoms with Gasteiger partial charge in [0.05, 0.1) is 30.5 Å². The Labute approximate surface area is 136 Å². The van der Waals surface area contributed by atoms with Gasteiger partial charge in [0.25, 0.3) is 10.0 Å². The number of nitriles is 1. The van der Waals surface area contributed by atoms with Crippen molar-refractivity contribution in [1.29, 1.82) is 5.26 Å². The highest BCUT2D eigenvalue weighted by atomic mass is 32.2. The van der Waals surface area contributed by atoms with E-state index in [1.807, 2.05) is 10.9 Å². The molecule has 0 aliphatic rings. The van der Waals surface area contributed by atoms with Gasteiger partial charge in [0.2, 0.25) is 0 Å². The summed E-state index contributed by atoms with van der Waals surface area (Å²) in [6, 6.07) is 8.40. The lowest BCUT2D eigenvalue weighted by Gasteiger charge is -2.03. The van der Waals surface area contributed by atoms with Gasteiger partial charge in [0, 0.05) is 10.8 Å². The molecule has 0 bridgehead atoms. The van der Waals surface area contributed by atoms with Crippen LogP contribution in [0.5, 0.6) is 0 Å². The molecule has 0 spiro atoms. The van der Waals surface area contributed by atoms with E-state index < -0.39 is 16.0 Å². The molecule has 0 fully saturated rings. The van der Waals surface area contributed by atoms with Crippen molar-refractivity contribution in [2.45, 2.75) is 4.90 Å². The van der Waals surface area contributed by atoms with E-state index in [4.69, 9.17) is 5.26 Å². The first-order valence-electron chi connectivity index (χ1n) is 6.17. The van der Waals surface area contributed by atoms with Crippen LogP contribution in [0.1, 0.15) is 21.5 Å². The maximum atomic E-state index is 12.2. The molecule has 1 aromatic heterocycles. The number of hydrazone groups is 1. The second kappa shape index (κ2) is 7.04. The van der Waals surface area contributed by atoms with Gasteiger partial charge in [-0.1, -0.05) is 12.1 Å². The van der Waals surface area contributed by atoms with Crippen molar-refractivity contribution in [1.82, 2.24) is 4.83 Å². The Hall–Kier alpha value is -2.70. The summed E-state index contributed by atoms with van der Waals surface area (Å²) in [5, 5.41) is 15.1. The van der Waals surface area contributed by atoms with E-state index in [0.29, 0.717) is 11.1 Å². The minimum absolute atomic E-state index is 0.0430. The minimum Gasteiger partial charge on any atom is -0.465 e. The molecular formula is C14H11N3O4S2. The fourth-order valence-corrected chi connectivity index (χ4v) is 3.76. The van der Waals surface area contributed by atoms with Crippen molar-refractivity contribution in [3.8, 4) is 6.07 Å². The highest BCUT2D eigenvalue weighted by Crippen LogP contribution is 2.21. The van der Waals surface area contributed by atoms with E-state index in [9.17, 15) is 13.2 Å². The number of carbonyl (C=O) groups excluding carboxylic acids is 1. The molecule has 0 unspecified atom stereocenters. The zero-order valence-corrected chi connectivity index (χ0v) is 13.5. The number of carbonyl (C=O) groups is 1. The molecule has 0 radical (unpaired) electrons. The molecular weight excluding hydrogens is 338 g/mol. The summed E-state index contributed by atoms with van der Waals surface area (Å²) < 4.78 is 28.8. The summed E-state index contributed by atoms with van der Waals surface area (Å²) in [4.78, 5) is 13.4. The number of esters is 1. The van der Waals surface area contributed by atoms with Gasteiger partial charge in [-0.05, 0) is 17.7 Å². The number of benzene rings is 1. The smallest absolute Gasteiger partial charge is 0.340 e. The minimum atomic E-state index is -3.98. The summed E-state index contributed by atoms with van der Waals surface area (Å²) in [7, 11) is -2.80. The molecule has 0 aliphatic carbocycles. The molecule has 1 aromatic carbocycles. The van der Waals surface area contributed by atoms with Crippen LogP contribution in [-0.4, -0.2) is 27.7 Å². The molecule has 1 N–H and O–H groups in total. The Kier molecular flexibility index (Phi) is 5.10. The summed E-state index contributed by atoms with van der Waals surface area (Å²) in [5.41, 5.74) is 1.06. The van der Waals surface area contributed by atoms with Crippen molar-refractivity contribution >= 4 is 33.5 Å². The average Bonchev–Trinajstić information content (AvgIpc) is 3.05. The van der Waals surface area contributed by atoms with Gasteiger partial charge in [0.15, 0.2) is 0 Å². The summed E-state index contributed by atoms with van der Waals surface area (Å²) in [5.74, 6) is -0.734. The monoisotopic (exact) mass is 349 g/mol. The van der Waals surface area contributed by atoms with Crippen LogP contribution in [0.4, 0.5) is 0 Å². The number of nitrogens with zero attached hydrogens (tertiary/aromatic N) is 2. The van der Waals surface area contributed by atoms with Gasteiger partial charge in [-0.2, -0.15) is 30.1 Å². The van der Waals surface area contributed by atoms with Crippen LogP contribution in [0.3, 0.4) is 0 Å². The fraction of sp³-hybridized carbons (Fsp3) is 0.0714. The van der Waals surface area contributed by atoms with Crippen LogP contribution in [0.25, 0.3) is 0 Å². The fourth-order valence-electron chi connectivity index (χ4n) is 1.62. The molecule has 9 heteroatoms. The van der Waals surface area contributed by atoms with Gasteiger partial charge in [-0.3, -0.25) is 0 Å². The van der Waals surface area contributed by atoms with E-state index in [0.717, 1.165) is 11.3 Å². The number of thiophene rings is 1. The SMILES string of the molecule is COC(=O)c1cscc1S(=O)(=O)N/N=C/c1ccc(C#N)cc1. The Morgan fingerprint density at radius 2 is 2.04 bits per heavy atom. The maximum absolute atomic E-state index is 12.2. The number of nitrogens with one attached hydrogen (secondary N) is 1. The zero-order chi connectivity index (χ0) is 16.9. The van der Waals surface area contributed by atoms with E-state index >= 15 is 0 Å². The van der Waals surface area contributed by atoms with Crippen LogP contribution >= 0.6 is 11.3 Å². The van der Waals surface area contributed by atoms with Gasteiger partial charge in [0.1, 0.15) is 4.90 Å². The van der Waals surface area contributed by atoms with E-state index in [2.05, 4.69) is 9.84 Å². The molecule has 23 heavy (non-hydrogen) atoms. The molecule has 1 heterocycles. The molecule has 0 saturated carbocycles. The standard InChI is InChI=1S/C14H11N3O4S2/c1-21-14(18)12-8-22-9-13(12)23(19,20)17-16-7-11-4-2-10(6-15)3-5-11/h2-5,7-9,17H,1H3/b16-7+. The van der Waals surface area contributed by atoms with E-state index in [-0.39, 0.29) is 10.5 Å². The highest BCUT2D eigenvalue weighted by molar-refractivity contribution is 7.89. The average molecular weight is 349 g/mol. The predicted molar refractivity (Wildman–Crippen MR) is 84.7 cm³/mol. The Morgan fingerprint density at radius 1 is 1.35 bits per heavy atom. The number of methoxy groups -OCH3 is 1. The molecule has 2 aromatic rings. The number of hydrogen-bond acceptors (Lipinski definition) is 7. The normalized spacial score (nSPS) is 11.1. The van der Waals surface area contributed by atoms with Crippen LogP contribution in [0, 0.1) is 11.3 Å². The lowest BCUT2D eigenvalue weighted by molar-refractivity contribution is 0.0597. The summed E-state index contributed by atoms with van der Waals surface area (Å²) >= 11 is 1.07. The third kappa shape index (κ3) is 3.94. The lowest BCUT2D eigenvalue weighted by atomic mass is 10.2. The first kappa shape index (κ1) is 16.7. The second-order valence-electron chi connectivity index (χ2n) is 4.23. The van der Waals surface area contributed by atoms with Gasteiger partial charge in [-0.15, -0.1) is 0 Å². The molecule has 7 nitrogen and oxygen atoms in total. The second-order valence-corrected chi connectivity index (χ2v) is 6.60. The number of ether oxygens (including phenoxy) is 1. The zero-order valence-electron chi connectivity index (χ0n) is 11.9. The van der Waals surface area contributed by atoms with Crippen molar-refractivity contribution in [2.75, 3.05) is 7.11 Å². The summed E-state index contributed by atoms with van der Waals surface area (Å²) in [6.07, 6.45) is 1.29. The molecule has 2 rings (SSSR count). The quantitative estimate of drug-likeness (QED) is 0.502. The van der Waals surface area contributed by atoms with Crippen molar-refractivity contribution in [3.63, 3.8) is 0 Å². The third-order valence-corrected chi connectivity index (χ3v) is 4.90. The number of hydrogen-bond donors (Lipinski definition) is 1. The molecule has 118 valence electrons. The van der Waals surface area contributed by atoms with Crippen molar-refractivity contribution in [3.05, 3.63) is 51.7 Å².